The molecule has 2 rings (SSSR count). The SMILES string of the molecule is COc1ccc(CNC(=O)[C@H]2CCCNC2)cn1. The van der Waals surface area contributed by atoms with E-state index < -0.39 is 0 Å². The Morgan fingerprint density at radius 2 is 2.50 bits per heavy atom. The van der Waals surface area contributed by atoms with Gasteiger partial charge in [0.2, 0.25) is 11.8 Å². The highest BCUT2D eigenvalue weighted by molar-refractivity contribution is 5.78. The largest absolute Gasteiger partial charge is 0.481 e. The number of pyridine rings is 1. The average Bonchev–Trinajstić information content (AvgIpc) is 2.46. The van der Waals surface area contributed by atoms with Gasteiger partial charge in [0.05, 0.1) is 13.0 Å². The maximum atomic E-state index is 11.9. The van der Waals surface area contributed by atoms with Crippen LogP contribution >= 0.6 is 0 Å². The summed E-state index contributed by atoms with van der Waals surface area (Å²) in [5.41, 5.74) is 0.980. The number of hydrogen-bond acceptors (Lipinski definition) is 4. The summed E-state index contributed by atoms with van der Waals surface area (Å²) >= 11 is 0. The smallest absolute Gasteiger partial charge is 0.224 e. The fourth-order valence-electron chi connectivity index (χ4n) is 2.05. The molecule has 0 aliphatic carbocycles. The number of aromatic nitrogens is 1. The molecular weight excluding hydrogens is 230 g/mol. The Labute approximate surface area is 107 Å². The van der Waals surface area contributed by atoms with E-state index in [-0.39, 0.29) is 11.8 Å². The predicted octanol–water partition coefficient (Wildman–Crippen LogP) is 0.706. The van der Waals surface area contributed by atoms with Crippen LogP contribution in [0.5, 0.6) is 5.88 Å². The van der Waals surface area contributed by atoms with Gasteiger partial charge >= 0.3 is 0 Å². The van der Waals surface area contributed by atoms with E-state index in [1.165, 1.54) is 0 Å². The van der Waals surface area contributed by atoms with Crippen molar-refractivity contribution in [2.45, 2.75) is 19.4 Å². The summed E-state index contributed by atoms with van der Waals surface area (Å²) in [6.45, 7) is 2.32. The van der Waals surface area contributed by atoms with Crippen molar-refractivity contribution in [2.75, 3.05) is 20.2 Å². The minimum atomic E-state index is 0.102. The van der Waals surface area contributed by atoms with Crippen molar-refractivity contribution in [1.82, 2.24) is 15.6 Å². The molecule has 2 N–H and O–H groups in total. The molecule has 1 amide bonds. The van der Waals surface area contributed by atoms with E-state index in [9.17, 15) is 4.79 Å². The van der Waals surface area contributed by atoms with Crippen molar-refractivity contribution in [3.05, 3.63) is 23.9 Å². The zero-order chi connectivity index (χ0) is 12.8. The minimum absolute atomic E-state index is 0.102. The summed E-state index contributed by atoms with van der Waals surface area (Å²) in [7, 11) is 1.58. The highest BCUT2D eigenvalue weighted by atomic mass is 16.5. The van der Waals surface area contributed by atoms with Gasteiger partial charge in [0.15, 0.2) is 0 Å². The van der Waals surface area contributed by atoms with Gasteiger partial charge in [0.25, 0.3) is 0 Å². The first-order valence-corrected chi connectivity index (χ1v) is 6.27. The molecule has 5 nitrogen and oxygen atoms in total. The van der Waals surface area contributed by atoms with Crippen LogP contribution in [0.2, 0.25) is 0 Å². The Morgan fingerprint density at radius 1 is 1.61 bits per heavy atom. The van der Waals surface area contributed by atoms with Gasteiger partial charge in [-0.1, -0.05) is 6.07 Å². The van der Waals surface area contributed by atoms with Gasteiger partial charge in [0.1, 0.15) is 0 Å². The van der Waals surface area contributed by atoms with E-state index in [0.717, 1.165) is 31.5 Å². The lowest BCUT2D eigenvalue weighted by molar-refractivity contribution is -0.125. The second kappa shape index (κ2) is 6.35. The lowest BCUT2D eigenvalue weighted by Crippen LogP contribution is -2.40. The Kier molecular flexibility index (Phi) is 4.52. The summed E-state index contributed by atoms with van der Waals surface area (Å²) in [5.74, 6) is 0.810. The Bertz CT molecular complexity index is 386. The summed E-state index contributed by atoms with van der Waals surface area (Å²) in [6.07, 6.45) is 3.76. The maximum Gasteiger partial charge on any atom is 0.224 e. The number of nitrogens with one attached hydrogen (secondary N) is 2. The first kappa shape index (κ1) is 12.8. The van der Waals surface area contributed by atoms with Gasteiger partial charge in [-0.3, -0.25) is 4.79 Å². The van der Waals surface area contributed by atoms with Gasteiger partial charge < -0.3 is 15.4 Å². The molecular formula is C13H19N3O2. The van der Waals surface area contributed by atoms with E-state index in [1.54, 1.807) is 19.4 Å². The predicted molar refractivity (Wildman–Crippen MR) is 68.2 cm³/mol. The zero-order valence-corrected chi connectivity index (χ0v) is 10.6. The molecule has 0 radical (unpaired) electrons. The van der Waals surface area contributed by atoms with Gasteiger partial charge in [-0.05, 0) is 24.9 Å². The second-order valence-corrected chi connectivity index (χ2v) is 4.47. The van der Waals surface area contributed by atoms with Gasteiger partial charge in [-0.15, -0.1) is 0 Å². The molecule has 0 unspecified atom stereocenters. The van der Waals surface area contributed by atoms with Crippen molar-refractivity contribution >= 4 is 5.91 Å². The lowest BCUT2D eigenvalue weighted by atomic mass is 9.99. The quantitative estimate of drug-likeness (QED) is 0.825. The summed E-state index contributed by atoms with van der Waals surface area (Å²) < 4.78 is 4.98. The first-order chi connectivity index (χ1) is 8.79. The van der Waals surface area contributed by atoms with Crippen molar-refractivity contribution in [3.63, 3.8) is 0 Å². The molecule has 1 aromatic heterocycles. The molecule has 18 heavy (non-hydrogen) atoms. The number of methoxy groups -OCH3 is 1. The molecule has 1 fully saturated rings. The molecule has 0 aromatic carbocycles. The van der Waals surface area contributed by atoms with Gasteiger partial charge in [-0.2, -0.15) is 0 Å². The van der Waals surface area contributed by atoms with Crippen LogP contribution in [0, 0.1) is 5.92 Å². The minimum Gasteiger partial charge on any atom is -0.481 e. The molecule has 1 saturated heterocycles. The molecule has 0 saturated carbocycles. The number of carbonyl (C=O) groups is 1. The Balaban J connectivity index is 1.80. The van der Waals surface area contributed by atoms with Crippen molar-refractivity contribution in [3.8, 4) is 5.88 Å². The lowest BCUT2D eigenvalue weighted by Gasteiger charge is -2.21. The van der Waals surface area contributed by atoms with Crippen LogP contribution in [-0.4, -0.2) is 31.1 Å². The summed E-state index contributed by atoms with van der Waals surface area (Å²) in [4.78, 5) is 16.0. The summed E-state index contributed by atoms with van der Waals surface area (Å²) in [6, 6.07) is 3.70. The van der Waals surface area contributed by atoms with Crippen LogP contribution in [0.1, 0.15) is 18.4 Å². The van der Waals surface area contributed by atoms with Crippen LogP contribution in [0.15, 0.2) is 18.3 Å². The molecule has 2 heterocycles. The van der Waals surface area contributed by atoms with Crippen molar-refractivity contribution < 1.29 is 9.53 Å². The number of nitrogens with zero attached hydrogens (tertiary/aromatic N) is 1. The standard InChI is InChI=1S/C13H19N3O2/c1-18-12-5-4-10(7-15-12)8-16-13(17)11-3-2-6-14-9-11/h4-5,7,11,14H,2-3,6,8-9H2,1H3,(H,16,17)/t11-/m0/s1. The third kappa shape index (κ3) is 3.43. The fourth-order valence-corrected chi connectivity index (χ4v) is 2.05. The molecule has 1 aliphatic rings. The maximum absolute atomic E-state index is 11.9. The van der Waals surface area contributed by atoms with Crippen LogP contribution in [0.25, 0.3) is 0 Å². The van der Waals surface area contributed by atoms with Crippen LogP contribution in [0.4, 0.5) is 0 Å². The Morgan fingerprint density at radius 3 is 3.11 bits per heavy atom. The molecule has 98 valence electrons. The van der Waals surface area contributed by atoms with E-state index in [4.69, 9.17) is 4.74 Å². The molecule has 5 heteroatoms. The number of hydrogen-bond donors (Lipinski definition) is 2. The highest BCUT2D eigenvalue weighted by Crippen LogP contribution is 2.10. The number of carbonyl (C=O) groups excluding carboxylic acids is 1. The molecule has 1 atom stereocenters. The van der Waals surface area contributed by atoms with E-state index >= 15 is 0 Å². The van der Waals surface area contributed by atoms with Crippen molar-refractivity contribution in [1.29, 1.82) is 0 Å². The van der Waals surface area contributed by atoms with Crippen molar-refractivity contribution in [2.24, 2.45) is 5.92 Å². The fraction of sp³-hybridized carbons (Fsp3) is 0.538. The monoisotopic (exact) mass is 249 g/mol. The number of piperidine rings is 1. The Hall–Kier alpha value is -1.62. The van der Waals surface area contributed by atoms with E-state index in [0.29, 0.717) is 12.4 Å². The molecule has 1 aliphatic heterocycles. The average molecular weight is 249 g/mol. The van der Waals surface area contributed by atoms with Crippen LogP contribution in [-0.2, 0) is 11.3 Å². The molecule has 0 bridgehead atoms. The normalized spacial score (nSPS) is 19.3. The van der Waals surface area contributed by atoms with Crippen LogP contribution < -0.4 is 15.4 Å². The highest BCUT2D eigenvalue weighted by Gasteiger charge is 2.20. The zero-order valence-electron chi connectivity index (χ0n) is 10.6. The van der Waals surface area contributed by atoms with E-state index in [1.807, 2.05) is 6.07 Å². The number of amides is 1. The van der Waals surface area contributed by atoms with E-state index in [2.05, 4.69) is 15.6 Å². The topological polar surface area (TPSA) is 63.2 Å². The molecule has 0 spiro atoms. The van der Waals surface area contributed by atoms with Gasteiger partial charge in [-0.25, -0.2) is 4.98 Å². The number of ether oxygens (including phenoxy) is 1. The third-order valence-corrected chi connectivity index (χ3v) is 3.14. The van der Waals surface area contributed by atoms with Crippen LogP contribution in [0.3, 0.4) is 0 Å². The second-order valence-electron chi connectivity index (χ2n) is 4.47. The summed E-state index contributed by atoms with van der Waals surface area (Å²) in [5, 5.41) is 6.19. The molecule has 1 aromatic rings. The third-order valence-electron chi connectivity index (χ3n) is 3.14. The number of rotatable bonds is 4. The van der Waals surface area contributed by atoms with Gasteiger partial charge in [0, 0.05) is 25.4 Å². The first-order valence-electron chi connectivity index (χ1n) is 6.27.